The van der Waals surface area contributed by atoms with Gasteiger partial charge in [-0.05, 0) is 6.07 Å². The summed E-state index contributed by atoms with van der Waals surface area (Å²) in [7, 11) is 1.12. The van der Waals surface area contributed by atoms with E-state index in [1.54, 1.807) is 0 Å². The molecule has 0 aliphatic heterocycles. The first-order valence-electron chi connectivity index (χ1n) is 3.84. The summed E-state index contributed by atoms with van der Waals surface area (Å²) in [5.74, 6) is -0.101. The fourth-order valence-electron chi connectivity index (χ4n) is 0.856. The zero-order valence-electron chi connectivity index (χ0n) is 7.80. The average molecular weight is 212 g/mol. The molecule has 0 bridgehead atoms. The maximum absolute atomic E-state index is 10.7. The number of carbonyl (C=O) groups excluding carboxylic acids is 1. The van der Waals surface area contributed by atoms with Crippen molar-refractivity contribution in [2.24, 2.45) is 0 Å². The van der Waals surface area contributed by atoms with Gasteiger partial charge in [0.05, 0.1) is 23.8 Å². The summed E-state index contributed by atoms with van der Waals surface area (Å²) in [6.45, 7) is 0. The largest absolute Gasteiger partial charge is 0.513 e. The Kier molecular flexibility index (Phi) is 3.06. The molecule has 80 valence electrons. The third-order valence-corrected chi connectivity index (χ3v) is 1.57. The Hall–Kier alpha value is -2.31. The van der Waals surface area contributed by atoms with Crippen LogP contribution >= 0.6 is 0 Å². The van der Waals surface area contributed by atoms with E-state index in [0.29, 0.717) is 0 Å². The van der Waals surface area contributed by atoms with Crippen molar-refractivity contribution in [3.05, 3.63) is 28.3 Å². The SMILES string of the molecule is COC(=O)Oc1cc([N+](=O)[O-])ccc1N. The van der Waals surface area contributed by atoms with Crippen LogP contribution in [0.2, 0.25) is 0 Å². The van der Waals surface area contributed by atoms with Gasteiger partial charge in [-0.3, -0.25) is 10.1 Å². The first kappa shape index (κ1) is 10.8. The van der Waals surface area contributed by atoms with Gasteiger partial charge in [-0.2, -0.15) is 0 Å². The average Bonchev–Trinajstić information content (AvgIpc) is 2.20. The van der Waals surface area contributed by atoms with Gasteiger partial charge in [0, 0.05) is 6.07 Å². The number of nitrogens with zero attached hydrogens (tertiary/aromatic N) is 1. The van der Waals surface area contributed by atoms with Crippen LogP contribution in [0.5, 0.6) is 5.75 Å². The van der Waals surface area contributed by atoms with Crippen LogP contribution in [0.25, 0.3) is 0 Å². The van der Waals surface area contributed by atoms with Crippen LogP contribution < -0.4 is 10.5 Å². The van der Waals surface area contributed by atoms with Gasteiger partial charge in [0.2, 0.25) is 0 Å². The predicted octanol–water partition coefficient (Wildman–Crippen LogP) is 1.32. The third-order valence-electron chi connectivity index (χ3n) is 1.57. The third kappa shape index (κ3) is 2.56. The molecule has 0 radical (unpaired) electrons. The molecule has 0 saturated heterocycles. The zero-order chi connectivity index (χ0) is 11.4. The number of methoxy groups -OCH3 is 1. The fraction of sp³-hybridized carbons (Fsp3) is 0.125. The summed E-state index contributed by atoms with van der Waals surface area (Å²) in [5, 5.41) is 10.4. The van der Waals surface area contributed by atoms with Crippen molar-refractivity contribution in [1.82, 2.24) is 0 Å². The molecule has 0 unspecified atom stereocenters. The van der Waals surface area contributed by atoms with E-state index in [2.05, 4.69) is 9.47 Å². The molecule has 0 heterocycles. The van der Waals surface area contributed by atoms with E-state index in [1.807, 2.05) is 0 Å². The number of non-ortho nitro benzene ring substituents is 1. The number of nitrogens with two attached hydrogens (primary N) is 1. The van der Waals surface area contributed by atoms with Crippen LogP contribution in [-0.4, -0.2) is 18.2 Å². The number of nitro benzene ring substituents is 1. The molecule has 0 spiro atoms. The maximum Gasteiger partial charge on any atom is 0.513 e. The van der Waals surface area contributed by atoms with Crippen LogP contribution in [0.1, 0.15) is 0 Å². The van der Waals surface area contributed by atoms with Crippen molar-refractivity contribution in [3.63, 3.8) is 0 Å². The Morgan fingerprint density at radius 1 is 1.53 bits per heavy atom. The van der Waals surface area contributed by atoms with Crippen LogP contribution in [0.15, 0.2) is 18.2 Å². The van der Waals surface area contributed by atoms with Crippen molar-refractivity contribution in [1.29, 1.82) is 0 Å². The van der Waals surface area contributed by atoms with Gasteiger partial charge in [0.1, 0.15) is 0 Å². The quantitative estimate of drug-likeness (QED) is 0.260. The lowest BCUT2D eigenvalue weighted by Crippen LogP contribution is -2.09. The second-order valence-corrected chi connectivity index (χ2v) is 2.54. The summed E-state index contributed by atoms with van der Waals surface area (Å²) < 4.78 is 8.82. The molecule has 0 saturated carbocycles. The normalized spacial score (nSPS) is 9.40. The standard InChI is InChI=1S/C8H8N2O5/c1-14-8(11)15-7-4-5(10(12)13)2-3-6(7)9/h2-4H,9H2,1H3. The minimum absolute atomic E-state index is 0.101. The molecule has 1 rings (SSSR count). The molecular weight excluding hydrogens is 204 g/mol. The molecule has 0 atom stereocenters. The lowest BCUT2D eigenvalue weighted by atomic mass is 10.2. The van der Waals surface area contributed by atoms with Crippen LogP contribution in [0, 0.1) is 10.1 Å². The van der Waals surface area contributed by atoms with Crippen molar-refractivity contribution < 1.29 is 19.2 Å². The second kappa shape index (κ2) is 4.27. The molecule has 1 aromatic carbocycles. The lowest BCUT2D eigenvalue weighted by molar-refractivity contribution is -0.384. The number of rotatable bonds is 2. The molecule has 2 N–H and O–H groups in total. The highest BCUT2D eigenvalue weighted by Crippen LogP contribution is 2.26. The Labute approximate surface area is 84.5 Å². The highest BCUT2D eigenvalue weighted by molar-refractivity contribution is 5.68. The Balaban J connectivity index is 3.00. The number of hydrogen-bond donors (Lipinski definition) is 1. The van der Waals surface area contributed by atoms with Crippen molar-refractivity contribution in [3.8, 4) is 5.75 Å². The van der Waals surface area contributed by atoms with Crippen molar-refractivity contribution in [2.45, 2.75) is 0 Å². The van der Waals surface area contributed by atoms with Gasteiger partial charge in [-0.25, -0.2) is 4.79 Å². The molecule has 7 nitrogen and oxygen atoms in total. The number of anilines is 1. The summed E-state index contributed by atoms with van der Waals surface area (Å²) >= 11 is 0. The van der Waals surface area contributed by atoms with Gasteiger partial charge in [0.15, 0.2) is 5.75 Å². The zero-order valence-corrected chi connectivity index (χ0v) is 7.80. The van der Waals surface area contributed by atoms with E-state index in [-0.39, 0.29) is 17.1 Å². The molecule has 0 aliphatic rings. The first-order chi connectivity index (χ1) is 7.04. The number of benzene rings is 1. The minimum Gasteiger partial charge on any atom is -0.437 e. The van der Waals surface area contributed by atoms with Crippen LogP contribution in [-0.2, 0) is 4.74 Å². The van der Waals surface area contributed by atoms with Gasteiger partial charge in [0.25, 0.3) is 5.69 Å². The summed E-state index contributed by atoms with van der Waals surface area (Å²) in [4.78, 5) is 20.5. The summed E-state index contributed by atoms with van der Waals surface area (Å²) in [6.07, 6.45) is -0.984. The topological polar surface area (TPSA) is 105 Å². The van der Waals surface area contributed by atoms with Gasteiger partial charge in [-0.15, -0.1) is 0 Å². The van der Waals surface area contributed by atoms with E-state index < -0.39 is 11.1 Å². The van der Waals surface area contributed by atoms with E-state index in [9.17, 15) is 14.9 Å². The highest BCUT2D eigenvalue weighted by atomic mass is 16.7. The van der Waals surface area contributed by atoms with Gasteiger partial charge < -0.3 is 15.2 Å². The minimum atomic E-state index is -0.984. The molecule has 0 aliphatic carbocycles. The molecular formula is C8H8N2O5. The number of nitrogen functional groups attached to an aromatic ring is 1. The number of nitro groups is 1. The summed E-state index contributed by atoms with van der Waals surface area (Å²) in [6, 6.07) is 3.53. The number of ether oxygens (including phenoxy) is 2. The Bertz CT molecular complexity index is 404. The van der Waals surface area contributed by atoms with E-state index in [0.717, 1.165) is 13.2 Å². The summed E-state index contributed by atoms with van der Waals surface area (Å²) in [5.41, 5.74) is 5.33. The van der Waals surface area contributed by atoms with Crippen LogP contribution in [0.4, 0.5) is 16.2 Å². The van der Waals surface area contributed by atoms with Gasteiger partial charge >= 0.3 is 6.16 Å². The maximum atomic E-state index is 10.7. The van der Waals surface area contributed by atoms with Crippen molar-refractivity contribution >= 4 is 17.5 Å². The molecule has 0 amide bonds. The molecule has 0 aromatic heterocycles. The van der Waals surface area contributed by atoms with Crippen molar-refractivity contribution in [2.75, 3.05) is 12.8 Å². The molecule has 1 aromatic rings. The smallest absolute Gasteiger partial charge is 0.437 e. The van der Waals surface area contributed by atoms with E-state index >= 15 is 0 Å². The van der Waals surface area contributed by atoms with Gasteiger partial charge in [-0.1, -0.05) is 0 Å². The first-order valence-corrected chi connectivity index (χ1v) is 3.84. The van der Waals surface area contributed by atoms with E-state index in [1.165, 1.54) is 12.1 Å². The van der Waals surface area contributed by atoms with E-state index in [4.69, 9.17) is 5.73 Å². The molecule has 7 heteroatoms. The Morgan fingerprint density at radius 2 is 2.20 bits per heavy atom. The fourth-order valence-corrected chi connectivity index (χ4v) is 0.856. The number of carbonyl (C=O) groups is 1. The Morgan fingerprint density at radius 3 is 2.73 bits per heavy atom. The molecule has 0 fully saturated rings. The highest BCUT2D eigenvalue weighted by Gasteiger charge is 2.13. The lowest BCUT2D eigenvalue weighted by Gasteiger charge is -2.04. The number of hydrogen-bond acceptors (Lipinski definition) is 6. The van der Waals surface area contributed by atoms with Crippen LogP contribution in [0.3, 0.4) is 0 Å². The molecule has 15 heavy (non-hydrogen) atoms. The predicted molar refractivity (Wildman–Crippen MR) is 50.5 cm³/mol. The monoisotopic (exact) mass is 212 g/mol. The second-order valence-electron chi connectivity index (χ2n) is 2.54.